The molecule has 3 rings (SSSR count). The molecule has 0 bridgehead atoms. The van der Waals surface area contributed by atoms with Crippen LogP contribution in [0.2, 0.25) is 5.02 Å². The van der Waals surface area contributed by atoms with E-state index in [1.165, 1.54) is 6.92 Å². The number of fused-ring (bicyclic) bond motifs is 1. The summed E-state index contributed by atoms with van der Waals surface area (Å²) >= 11 is 6.00. The quantitative estimate of drug-likeness (QED) is 0.471. The normalized spacial score (nSPS) is 12.0. The fourth-order valence-electron chi connectivity index (χ4n) is 2.79. The predicted molar refractivity (Wildman–Crippen MR) is 102 cm³/mol. The summed E-state index contributed by atoms with van der Waals surface area (Å²) in [6, 6.07) is 12.1. The number of nitrogens with zero attached hydrogens (tertiary/aromatic N) is 2. The van der Waals surface area contributed by atoms with E-state index < -0.39 is 12.1 Å². The van der Waals surface area contributed by atoms with Gasteiger partial charge in [0.2, 0.25) is 0 Å². The molecule has 1 heterocycles. The number of benzene rings is 2. The summed E-state index contributed by atoms with van der Waals surface area (Å²) in [5.41, 5.74) is 2.15. The number of Topliss-reactive ketones (excluding diaryl/α,β-unsaturated/α-hetero) is 1. The van der Waals surface area contributed by atoms with E-state index in [2.05, 4.69) is 4.98 Å². The minimum absolute atomic E-state index is 0.0707. The van der Waals surface area contributed by atoms with Crippen LogP contribution in [0.25, 0.3) is 11.0 Å². The Morgan fingerprint density at radius 2 is 2.00 bits per heavy atom. The second-order valence-corrected chi connectivity index (χ2v) is 6.60. The van der Waals surface area contributed by atoms with Gasteiger partial charge in [-0.3, -0.25) is 4.79 Å². The van der Waals surface area contributed by atoms with Crippen LogP contribution in [-0.2, 0) is 16.6 Å². The van der Waals surface area contributed by atoms with Crippen molar-refractivity contribution in [3.63, 3.8) is 0 Å². The van der Waals surface area contributed by atoms with E-state index in [1.807, 2.05) is 17.7 Å². The highest BCUT2D eigenvalue weighted by atomic mass is 35.5. The molecule has 3 aromatic rings. The number of aromatic nitrogens is 2. The van der Waals surface area contributed by atoms with E-state index in [1.54, 1.807) is 43.3 Å². The Morgan fingerprint density at radius 1 is 1.22 bits per heavy atom. The molecule has 0 N–H and O–H groups in total. The zero-order valence-electron chi connectivity index (χ0n) is 15.2. The first-order valence-electron chi connectivity index (χ1n) is 8.40. The second kappa shape index (κ2) is 7.80. The van der Waals surface area contributed by atoms with Gasteiger partial charge in [0.05, 0.1) is 11.0 Å². The van der Waals surface area contributed by atoms with Gasteiger partial charge in [-0.25, -0.2) is 9.78 Å². The molecule has 0 aliphatic heterocycles. The number of ketones is 1. The maximum absolute atomic E-state index is 12.1. The molecule has 7 heteroatoms. The number of imidazole rings is 1. The van der Waals surface area contributed by atoms with Crippen LogP contribution < -0.4 is 4.74 Å². The van der Waals surface area contributed by atoms with Crippen LogP contribution >= 0.6 is 11.6 Å². The lowest BCUT2D eigenvalue weighted by atomic mass is 10.1. The van der Waals surface area contributed by atoms with Crippen LogP contribution in [0, 0.1) is 0 Å². The first-order valence-corrected chi connectivity index (χ1v) is 8.78. The molecule has 0 radical (unpaired) electrons. The van der Waals surface area contributed by atoms with E-state index >= 15 is 0 Å². The van der Waals surface area contributed by atoms with E-state index in [0.717, 1.165) is 11.0 Å². The fourth-order valence-corrected chi connectivity index (χ4v) is 2.95. The van der Waals surface area contributed by atoms with Crippen LogP contribution in [0.15, 0.2) is 42.5 Å². The van der Waals surface area contributed by atoms with E-state index in [-0.39, 0.29) is 12.4 Å². The summed E-state index contributed by atoms with van der Waals surface area (Å²) < 4.78 is 12.7. The van der Waals surface area contributed by atoms with Crippen molar-refractivity contribution < 1.29 is 19.1 Å². The van der Waals surface area contributed by atoms with E-state index in [0.29, 0.717) is 22.2 Å². The third kappa shape index (κ3) is 4.28. The highest BCUT2D eigenvalue weighted by Crippen LogP contribution is 2.24. The molecule has 0 saturated carbocycles. The Morgan fingerprint density at radius 3 is 2.74 bits per heavy atom. The molecule has 0 unspecified atom stereocenters. The van der Waals surface area contributed by atoms with Crippen LogP contribution in [0.4, 0.5) is 0 Å². The van der Waals surface area contributed by atoms with E-state index in [9.17, 15) is 9.59 Å². The molecule has 0 spiro atoms. The molecule has 140 valence electrons. The Hall–Kier alpha value is -2.86. The van der Waals surface area contributed by atoms with Crippen molar-refractivity contribution in [2.24, 2.45) is 7.05 Å². The Labute approximate surface area is 161 Å². The van der Waals surface area contributed by atoms with Crippen molar-refractivity contribution in [3.05, 3.63) is 58.9 Å². The van der Waals surface area contributed by atoms with Crippen LogP contribution in [0.1, 0.15) is 36.1 Å². The minimum Gasteiger partial charge on any atom is -0.482 e. The van der Waals surface area contributed by atoms with Gasteiger partial charge in [-0.2, -0.15) is 0 Å². The van der Waals surface area contributed by atoms with Gasteiger partial charge in [-0.1, -0.05) is 23.7 Å². The standard InChI is InChI=1S/C20H19ClN2O4/c1-12(24)14-5-4-6-16(9-14)26-11-19(25)27-13(2)20-22-17-10-15(21)7-8-18(17)23(20)3/h4-10,13H,11H2,1-3H3/t13-/m0/s1. The molecule has 0 aliphatic carbocycles. The van der Waals surface area contributed by atoms with E-state index in [4.69, 9.17) is 21.1 Å². The lowest BCUT2D eigenvalue weighted by Gasteiger charge is -2.14. The molecule has 0 amide bonds. The molecule has 6 nitrogen and oxygen atoms in total. The smallest absolute Gasteiger partial charge is 0.344 e. The van der Waals surface area contributed by atoms with Gasteiger partial charge in [0, 0.05) is 17.6 Å². The van der Waals surface area contributed by atoms with Crippen molar-refractivity contribution >= 4 is 34.4 Å². The summed E-state index contributed by atoms with van der Waals surface area (Å²) in [6.07, 6.45) is -0.555. The largest absolute Gasteiger partial charge is 0.482 e. The van der Waals surface area contributed by atoms with Crippen molar-refractivity contribution in [1.29, 1.82) is 0 Å². The molecule has 0 aliphatic rings. The maximum Gasteiger partial charge on any atom is 0.344 e. The maximum atomic E-state index is 12.1. The van der Waals surface area contributed by atoms with Crippen molar-refractivity contribution in [2.75, 3.05) is 6.61 Å². The summed E-state index contributed by atoms with van der Waals surface area (Å²) in [4.78, 5) is 28.0. The van der Waals surface area contributed by atoms with Gasteiger partial charge < -0.3 is 14.0 Å². The molecule has 1 atom stereocenters. The monoisotopic (exact) mass is 386 g/mol. The van der Waals surface area contributed by atoms with Crippen molar-refractivity contribution in [2.45, 2.75) is 20.0 Å². The van der Waals surface area contributed by atoms with Crippen LogP contribution in [-0.4, -0.2) is 27.9 Å². The topological polar surface area (TPSA) is 70.4 Å². The van der Waals surface area contributed by atoms with Gasteiger partial charge >= 0.3 is 5.97 Å². The average molecular weight is 387 g/mol. The van der Waals surface area contributed by atoms with Gasteiger partial charge in [0.1, 0.15) is 5.75 Å². The van der Waals surface area contributed by atoms with Crippen LogP contribution in [0.5, 0.6) is 5.75 Å². The van der Waals surface area contributed by atoms with Crippen molar-refractivity contribution in [3.8, 4) is 5.75 Å². The fraction of sp³-hybridized carbons (Fsp3) is 0.250. The first kappa shape index (κ1) is 18.9. The molecule has 1 aromatic heterocycles. The lowest BCUT2D eigenvalue weighted by Crippen LogP contribution is -2.18. The molecular formula is C20H19ClN2O4. The number of carbonyl (C=O) groups is 2. The SMILES string of the molecule is CC(=O)c1cccc(OCC(=O)O[C@@H](C)c2nc3cc(Cl)ccc3n2C)c1. The summed E-state index contributed by atoms with van der Waals surface area (Å²) in [6.45, 7) is 2.96. The molecule has 27 heavy (non-hydrogen) atoms. The summed E-state index contributed by atoms with van der Waals surface area (Å²) in [7, 11) is 1.85. The second-order valence-electron chi connectivity index (χ2n) is 6.17. The predicted octanol–water partition coefficient (Wildman–Crippen LogP) is 4.11. The number of aryl methyl sites for hydroxylation is 1. The Kier molecular flexibility index (Phi) is 5.46. The minimum atomic E-state index is -0.555. The Bertz CT molecular complexity index is 1010. The average Bonchev–Trinajstić information content (AvgIpc) is 2.96. The molecule has 2 aromatic carbocycles. The zero-order valence-corrected chi connectivity index (χ0v) is 16.0. The number of rotatable bonds is 6. The molecule has 0 fully saturated rings. The van der Waals surface area contributed by atoms with Crippen molar-refractivity contribution in [1.82, 2.24) is 9.55 Å². The van der Waals surface area contributed by atoms with Gasteiger partial charge in [0.15, 0.2) is 24.3 Å². The highest BCUT2D eigenvalue weighted by molar-refractivity contribution is 6.31. The number of ether oxygens (including phenoxy) is 2. The number of hydrogen-bond donors (Lipinski definition) is 0. The first-order chi connectivity index (χ1) is 12.8. The molecule has 0 saturated heterocycles. The number of halogens is 1. The summed E-state index contributed by atoms with van der Waals surface area (Å²) in [5.74, 6) is 0.447. The molecular weight excluding hydrogens is 368 g/mol. The number of carbonyl (C=O) groups excluding carboxylic acids is 2. The van der Waals surface area contributed by atoms with Gasteiger partial charge in [-0.15, -0.1) is 0 Å². The number of esters is 1. The van der Waals surface area contributed by atoms with Gasteiger partial charge in [-0.05, 0) is 44.2 Å². The zero-order chi connectivity index (χ0) is 19.6. The highest BCUT2D eigenvalue weighted by Gasteiger charge is 2.19. The summed E-state index contributed by atoms with van der Waals surface area (Å²) in [5, 5.41) is 0.595. The van der Waals surface area contributed by atoms with Crippen LogP contribution in [0.3, 0.4) is 0 Å². The number of hydrogen-bond acceptors (Lipinski definition) is 5. The third-order valence-corrected chi connectivity index (χ3v) is 4.38. The third-order valence-electron chi connectivity index (χ3n) is 4.15. The van der Waals surface area contributed by atoms with Gasteiger partial charge in [0.25, 0.3) is 0 Å². The Balaban J connectivity index is 1.65. The lowest BCUT2D eigenvalue weighted by molar-refractivity contribution is -0.151.